The number of esters is 1. The lowest BCUT2D eigenvalue weighted by atomic mass is 9.79. The Morgan fingerprint density at radius 1 is 0.869 bits per heavy atom. The van der Waals surface area contributed by atoms with E-state index < -0.39 is 79.3 Å². The minimum absolute atomic E-state index is 0.0858. The summed E-state index contributed by atoms with van der Waals surface area (Å²) in [5.74, 6) is -1.59. The number of ether oxygens (including phenoxy) is 9. The molecule has 0 amide bonds. The molecule has 2 bridgehead atoms. The largest absolute Gasteiger partial charge is 0.508 e. The number of aliphatic hydroxyl groups is 2. The first-order valence-corrected chi connectivity index (χ1v) is 22.4. The summed E-state index contributed by atoms with van der Waals surface area (Å²) in [6.45, 7) is 17.8. The van der Waals surface area contributed by atoms with Crippen LogP contribution in [0.25, 0.3) is 5.57 Å². The molecule has 0 radical (unpaired) electrons. The first-order chi connectivity index (χ1) is 29.0. The number of aromatic hydroxyl groups is 1. The quantitative estimate of drug-likeness (QED) is 0.177. The number of phenolic OH excluding ortho intramolecular Hbond substituents is 1. The molecule has 1 aromatic rings. The van der Waals surface area contributed by atoms with Gasteiger partial charge in [-0.05, 0) is 81.4 Å². The second kappa shape index (κ2) is 20.4. The van der Waals surface area contributed by atoms with E-state index in [-0.39, 0.29) is 48.6 Å². The third-order valence-corrected chi connectivity index (χ3v) is 13.8. The van der Waals surface area contributed by atoms with Gasteiger partial charge in [-0.2, -0.15) is 0 Å². The Morgan fingerprint density at radius 2 is 1.56 bits per heavy atom. The molecule has 0 aliphatic carbocycles. The highest BCUT2D eigenvalue weighted by molar-refractivity contribution is 5.96. The number of hydrogen-bond donors (Lipinski definition) is 3. The van der Waals surface area contributed by atoms with Gasteiger partial charge in [0, 0.05) is 58.2 Å². The number of allylic oxidation sites excluding steroid dienone is 3. The van der Waals surface area contributed by atoms with E-state index >= 15 is 0 Å². The summed E-state index contributed by atoms with van der Waals surface area (Å²) in [6, 6.07) is 3.30. The van der Waals surface area contributed by atoms with Crippen LogP contribution in [0.4, 0.5) is 0 Å². The highest BCUT2D eigenvalue weighted by atomic mass is 16.7. The summed E-state index contributed by atoms with van der Waals surface area (Å²) in [6.07, 6.45) is 4.81. The van der Waals surface area contributed by atoms with Crippen LogP contribution in [0.5, 0.6) is 5.75 Å². The lowest BCUT2D eigenvalue weighted by Crippen LogP contribution is -2.59. The lowest BCUT2D eigenvalue weighted by molar-refractivity contribution is -0.353. The number of carbonyl (C=O) groups excluding carboxylic acids is 1. The zero-order valence-electron chi connectivity index (χ0n) is 38.1. The molecule has 3 N–H and O–H groups in total. The summed E-state index contributed by atoms with van der Waals surface area (Å²) in [5.41, 5.74) is 3.25. The molecule has 342 valence electrons. The van der Waals surface area contributed by atoms with Gasteiger partial charge < -0.3 is 58.0 Å². The van der Waals surface area contributed by atoms with Gasteiger partial charge in [0.2, 0.25) is 0 Å². The fourth-order valence-corrected chi connectivity index (χ4v) is 9.79. The molecule has 61 heavy (non-hydrogen) atoms. The van der Waals surface area contributed by atoms with E-state index in [2.05, 4.69) is 32.9 Å². The van der Waals surface area contributed by atoms with Crippen molar-refractivity contribution in [2.24, 2.45) is 17.8 Å². The van der Waals surface area contributed by atoms with Gasteiger partial charge in [0.15, 0.2) is 18.4 Å². The molecule has 13 heteroatoms. The molecule has 4 saturated heterocycles. The van der Waals surface area contributed by atoms with Crippen molar-refractivity contribution >= 4 is 11.5 Å². The molecule has 1 spiro atoms. The predicted molar refractivity (Wildman–Crippen MR) is 229 cm³/mol. The maximum absolute atomic E-state index is 14.1. The summed E-state index contributed by atoms with van der Waals surface area (Å²) >= 11 is 0. The number of rotatable bonds is 8. The lowest BCUT2D eigenvalue weighted by Gasteiger charge is -2.52. The Labute approximate surface area is 362 Å². The minimum Gasteiger partial charge on any atom is -0.508 e. The Hall–Kier alpha value is -2.69. The standard InChI is InChI=1S/C48H72O13/c1-12-25(2)45-30(7)38(50)24-48(61-45)23-34-19-33(60-48)17-16-28(5)44(27(4)15-13-14-26(3)35-20-37(49)29(6)18-36(35)47(52)57-34)58-42-22-40(54-11)46(32(9)56-42)59-41-21-39(53-10)43(51)31(8)55-41/h13-16,18,20,25,27,30-34,38-46,49-51H,12,17,19,21-24H2,1-11H3/t25-,27-,30-,31-,32-,33+,34-,38-,39-,40-,41-,42-,43-,44-,45+,46-,48-/m0/s1. The Morgan fingerprint density at radius 3 is 2.26 bits per heavy atom. The van der Waals surface area contributed by atoms with E-state index in [1.165, 1.54) is 0 Å². The van der Waals surface area contributed by atoms with Gasteiger partial charge in [0.1, 0.15) is 24.1 Å². The van der Waals surface area contributed by atoms with E-state index in [0.29, 0.717) is 42.4 Å². The van der Waals surface area contributed by atoms with Crippen LogP contribution in [-0.2, 0) is 42.6 Å². The van der Waals surface area contributed by atoms with Gasteiger partial charge in [-0.15, -0.1) is 0 Å². The van der Waals surface area contributed by atoms with Crippen molar-refractivity contribution in [3.8, 4) is 5.75 Å². The molecular formula is C48H72O13. The van der Waals surface area contributed by atoms with E-state index in [1.54, 1.807) is 40.2 Å². The monoisotopic (exact) mass is 856 g/mol. The zero-order valence-corrected chi connectivity index (χ0v) is 38.1. The number of phenols is 1. The number of fused-ring (bicyclic) bond motifs is 3. The van der Waals surface area contributed by atoms with Gasteiger partial charge in [-0.3, -0.25) is 0 Å². The normalized spacial score (nSPS) is 40.7. The molecule has 0 saturated carbocycles. The highest BCUT2D eigenvalue weighted by Crippen LogP contribution is 2.45. The van der Waals surface area contributed by atoms with E-state index in [9.17, 15) is 20.1 Å². The van der Waals surface area contributed by atoms with Gasteiger partial charge in [-0.1, -0.05) is 58.4 Å². The molecule has 0 aromatic heterocycles. The maximum Gasteiger partial charge on any atom is 0.339 e. The van der Waals surface area contributed by atoms with Crippen LogP contribution in [0.15, 0.2) is 42.0 Å². The van der Waals surface area contributed by atoms with Crippen molar-refractivity contribution in [1.82, 2.24) is 0 Å². The molecule has 1 aromatic carbocycles. The average molecular weight is 857 g/mol. The average Bonchev–Trinajstić information content (AvgIpc) is 3.22. The van der Waals surface area contributed by atoms with Gasteiger partial charge in [0.25, 0.3) is 0 Å². The third-order valence-electron chi connectivity index (χ3n) is 13.8. The molecule has 4 fully saturated rings. The Kier molecular flexibility index (Phi) is 16.0. The topological polar surface area (TPSA) is 161 Å². The Balaban J connectivity index is 1.30. The molecular weight excluding hydrogens is 785 g/mol. The van der Waals surface area contributed by atoms with Crippen LogP contribution in [-0.4, -0.2) is 121 Å². The number of methoxy groups -OCH3 is 2. The van der Waals surface area contributed by atoms with Crippen molar-refractivity contribution in [1.29, 1.82) is 0 Å². The highest BCUT2D eigenvalue weighted by Gasteiger charge is 2.52. The first-order valence-electron chi connectivity index (χ1n) is 22.4. The molecule has 17 atom stereocenters. The molecule has 5 aliphatic heterocycles. The van der Waals surface area contributed by atoms with Crippen LogP contribution in [0.2, 0.25) is 0 Å². The molecule has 13 nitrogen and oxygen atoms in total. The van der Waals surface area contributed by atoms with Crippen molar-refractivity contribution in [2.45, 2.75) is 193 Å². The zero-order chi connectivity index (χ0) is 44.3. The van der Waals surface area contributed by atoms with Crippen LogP contribution < -0.4 is 0 Å². The minimum atomic E-state index is -1.15. The summed E-state index contributed by atoms with van der Waals surface area (Å²) in [7, 11) is 3.23. The number of hydrogen-bond acceptors (Lipinski definition) is 13. The number of aryl methyl sites for hydroxylation is 1. The van der Waals surface area contributed by atoms with E-state index in [0.717, 1.165) is 17.6 Å². The fourth-order valence-electron chi connectivity index (χ4n) is 9.79. The van der Waals surface area contributed by atoms with E-state index in [4.69, 9.17) is 42.6 Å². The molecule has 0 unspecified atom stereocenters. The molecule has 6 rings (SSSR count). The number of benzene rings is 1. The fraction of sp³-hybridized carbons (Fsp3) is 0.729. The van der Waals surface area contributed by atoms with Crippen LogP contribution in [0, 0.1) is 24.7 Å². The first kappa shape index (κ1) is 47.8. The summed E-state index contributed by atoms with van der Waals surface area (Å²) < 4.78 is 57.6. The van der Waals surface area contributed by atoms with Crippen LogP contribution >= 0.6 is 0 Å². The van der Waals surface area contributed by atoms with Gasteiger partial charge in [-0.25, -0.2) is 4.79 Å². The van der Waals surface area contributed by atoms with Crippen molar-refractivity contribution in [3.05, 3.63) is 58.7 Å². The second-order valence-corrected chi connectivity index (χ2v) is 18.4. The van der Waals surface area contributed by atoms with Crippen molar-refractivity contribution in [2.75, 3.05) is 14.2 Å². The van der Waals surface area contributed by atoms with Crippen LogP contribution in [0.3, 0.4) is 0 Å². The van der Waals surface area contributed by atoms with Gasteiger partial charge >= 0.3 is 5.97 Å². The predicted octanol–water partition coefficient (Wildman–Crippen LogP) is 7.31. The van der Waals surface area contributed by atoms with E-state index in [1.807, 2.05) is 39.8 Å². The molecule has 5 heterocycles. The number of carbonyl (C=O) groups is 1. The summed E-state index contributed by atoms with van der Waals surface area (Å²) in [4.78, 5) is 14.1. The SMILES string of the molecule is CC[C@H](C)[C@H]1O[C@@]2(C[C@@H]3C[C@@H](CC=C(C)[C@@H](O[C@H]4C[C@H](OC)[C@@H](O[C@H]5C[C@H](OC)[C@@H](O)[C@H](C)O5)[C@H](C)O4)[C@@H](C)C=CC=C(C)c4cc(O)c(C)cc4C(=O)O3)O2)C[C@H](O)[C@@H]1C. The van der Waals surface area contributed by atoms with Crippen molar-refractivity contribution < 1.29 is 62.7 Å². The van der Waals surface area contributed by atoms with Gasteiger partial charge in [0.05, 0.1) is 54.4 Å². The second-order valence-electron chi connectivity index (χ2n) is 18.4. The third kappa shape index (κ3) is 11.0. The molecule has 5 aliphatic rings. The van der Waals surface area contributed by atoms with Crippen LogP contribution in [0.1, 0.15) is 122 Å². The Bertz CT molecular complexity index is 1740. The van der Waals surface area contributed by atoms with Crippen molar-refractivity contribution in [3.63, 3.8) is 0 Å². The summed E-state index contributed by atoms with van der Waals surface area (Å²) in [5, 5.41) is 32.7. The number of aliphatic hydroxyl groups excluding tert-OH is 2. The maximum atomic E-state index is 14.1. The smallest absolute Gasteiger partial charge is 0.339 e.